The van der Waals surface area contributed by atoms with Gasteiger partial charge in [0.25, 0.3) is 5.91 Å². The number of amides is 1. The summed E-state index contributed by atoms with van der Waals surface area (Å²) in [5, 5.41) is 15.6. The fraction of sp³-hybridized carbons (Fsp3) is 0.143. The minimum Gasteiger partial charge on any atom is -0.490 e. The lowest BCUT2D eigenvalue weighted by Crippen LogP contribution is -2.35. The number of amidine groups is 2. The highest BCUT2D eigenvalue weighted by atomic mass is 32.2. The quantitative estimate of drug-likeness (QED) is 0.404. The minimum absolute atomic E-state index is 0.0424. The molecule has 9 heteroatoms. The Morgan fingerprint density at radius 3 is 2.51 bits per heavy atom. The second-order valence-electron chi connectivity index (χ2n) is 8.35. The number of benzene rings is 3. The van der Waals surface area contributed by atoms with Gasteiger partial charge in [0.05, 0.1) is 12.2 Å². The molecule has 0 atom stereocenters. The maximum Gasteiger partial charge on any atom is 0.283 e. The molecule has 0 aliphatic carbocycles. The first-order valence-corrected chi connectivity index (χ1v) is 12.4. The first kappa shape index (κ1) is 24.5. The molecule has 2 heterocycles. The summed E-state index contributed by atoms with van der Waals surface area (Å²) in [4.78, 5) is 17.0. The number of carbonyl (C=O) groups is 1. The molecular formula is C28H23FN4O3S. The number of hydrogen-bond donors (Lipinski definition) is 1. The Bertz CT molecular complexity index is 1460. The van der Waals surface area contributed by atoms with Crippen LogP contribution >= 0.6 is 11.8 Å². The highest BCUT2D eigenvalue weighted by Gasteiger charge is 2.36. The van der Waals surface area contributed by atoms with Gasteiger partial charge in [-0.1, -0.05) is 48.0 Å². The van der Waals surface area contributed by atoms with Crippen LogP contribution in [0.5, 0.6) is 11.5 Å². The van der Waals surface area contributed by atoms with E-state index in [0.717, 1.165) is 16.7 Å². The molecule has 1 N–H and O–H groups in total. The lowest BCUT2D eigenvalue weighted by Gasteiger charge is -2.20. The van der Waals surface area contributed by atoms with Crippen LogP contribution in [0, 0.1) is 18.2 Å². The fourth-order valence-electron chi connectivity index (χ4n) is 3.72. The van der Waals surface area contributed by atoms with Crippen molar-refractivity contribution in [1.29, 1.82) is 5.41 Å². The predicted molar refractivity (Wildman–Crippen MR) is 144 cm³/mol. The Hall–Kier alpha value is -4.24. The van der Waals surface area contributed by atoms with Gasteiger partial charge >= 0.3 is 0 Å². The van der Waals surface area contributed by atoms with Gasteiger partial charge in [-0.15, -0.1) is 0 Å². The molecule has 37 heavy (non-hydrogen) atoms. The van der Waals surface area contributed by atoms with E-state index < -0.39 is 5.91 Å². The molecule has 0 aromatic heterocycles. The summed E-state index contributed by atoms with van der Waals surface area (Å²) in [6, 6.07) is 19.2. The van der Waals surface area contributed by atoms with Crippen LogP contribution in [0.1, 0.15) is 29.2 Å². The van der Waals surface area contributed by atoms with Crippen LogP contribution in [0.15, 0.2) is 82.4 Å². The van der Waals surface area contributed by atoms with Gasteiger partial charge in [-0.2, -0.15) is 15.1 Å². The number of fused-ring (bicyclic) bond motifs is 1. The maximum absolute atomic E-state index is 13.2. The molecule has 0 bridgehead atoms. The lowest BCUT2D eigenvalue weighted by atomic mass is 10.1. The smallest absolute Gasteiger partial charge is 0.283 e. The third-order valence-corrected chi connectivity index (χ3v) is 6.60. The van der Waals surface area contributed by atoms with Crippen molar-refractivity contribution in [3.05, 3.63) is 100 Å². The number of aliphatic imine (C=N–C) groups is 1. The first-order valence-electron chi connectivity index (χ1n) is 11.6. The number of rotatable bonds is 7. The largest absolute Gasteiger partial charge is 0.490 e. The fourth-order valence-corrected chi connectivity index (χ4v) is 4.61. The van der Waals surface area contributed by atoms with Crippen molar-refractivity contribution in [2.24, 2.45) is 10.1 Å². The molecule has 3 aromatic rings. The zero-order valence-corrected chi connectivity index (χ0v) is 21.0. The number of thioether (sulfide) groups is 1. The van der Waals surface area contributed by atoms with Crippen molar-refractivity contribution >= 4 is 39.8 Å². The van der Waals surface area contributed by atoms with Crippen LogP contribution in [-0.2, 0) is 11.4 Å². The van der Waals surface area contributed by atoms with E-state index in [-0.39, 0.29) is 23.8 Å². The van der Waals surface area contributed by atoms with Crippen molar-refractivity contribution in [3.8, 4) is 11.5 Å². The number of ether oxygens (including phenoxy) is 2. The van der Waals surface area contributed by atoms with Crippen molar-refractivity contribution in [2.45, 2.75) is 20.5 Å². The third-order valence-electron chi connectivity index (χ3n) is 5.64. The van der Waals surface area contributed by atoms with Gasteiger partial charge in [-0.3, -0.25) is 10.2 Å². The number of aryl methyl sites for hydroxylation is 1. The zero-order valence-electron chi connectivity index (χ0n) is 20.2. The maximum atomic E-state index is 13.2. The SMILES string of the molecule is CCOc1cc(/C=C2/C(=N)N3N=C(c4ccc(C)cc4)SC3=NC2=O)ccc1OCc1ccc(F)cc1. The van der Waals surface area contributed by atoms with Crippen LogP contribution in [0.4, 0.5) is 4.39 Å². The van der Waals surface area contributed by atoms with E-state index in [1.807, 2.05) is 38.1 Å². The monoisotopic (exact) mass is 514 g/mol. The van der Waals surface area contributed by atoms with Crippen LogP contribution in [-0.4, -0.2) is 33.6 Å². The Morgan fingerprint density at radius 2 is 1.78 bits per heavy atom. The van der Waals surface area contributed by atoms with E-state index in [1.165, 1.54) is 28.9 Å². The summed E-state index contributed by atoms with van der Waals surface area (Å²) in [5.41, 5.74) is 3.63. The molecule has 1 amide bonds. The second kappa shape index (κ2) is 10.4. The van der Waals surface area contributed by atoms with Gasteiger partial charge in [0.2, 0.25) is 5.17 Å². The molecule has 0 unspecified atom stereocenters. The molecule has 186 valence electrons. The van der Waals surface area contributed by atoms with Crippen LogP contribution in [0.2, 0.25) is 0 Å². The topological polar surface area (TPSA) is 87.3 Å². The minimum atomic E-state index is -0.501. The van der Waals surface area contributed by atoms with Gasteiger partial charge in [0, 0.05) is 5.56 Å². The Kier molecular flexibility index (Phi) is 6.87. The van der Waals surface area contributed by atoms with E-state index in [9.17, 15) is 9.18 Å². The molecule has 0 saturated carbocycles. The number of carbonyl (C=O) groups excluding carboxylic acids is 1. The molecule has 5 rings (SSSR count). The first-order chi connectivity index (χ1) is 17.9. The Morgan fingerprint density at radius 1 is 1.03 bits per heavy atom. The zero-order chi connectivity index (χ0) is 25.9. The molecule has 0 saturated heterocycles. The number of nitrogens with one attached hydrogen (secondary N) is 1. The van der Waals surface area contributed by atoms with Gasteiger partial charge in [-0.05, 0) is 67.1 Å². The molecule has 0 radical (unpaired) electrons. The molecule has 2 aliphatic heterocycles. The summed E-state index contributed by atoms with van der Waals surface area (Å²) in [6.45, 7) is 4.53. The highest BCUT2D eigenvalue weighted by Crippen LogP contribution is 2.33. The van der Waals surface area contributed by atoms with Crippen LogP contribution in [0.3, 0.4) is 0 Å². The molecule has 0 spiro atoms. The number of hydrogen-bond acceptors (Lipinski definition) is 6. The van der Waals surface area contributed by atoms with Crippen molar-refractivity contribution in [3.63, 3.8) is 0 Å². The van der Waals surface area contributed by atoms with Crippen LogP contribution < -0.4 is 9.47 Å². The van der Waals surface area contributed by atoms with E-state index >= 15 is 0 Å². The van der Waals surface area contributed by atoms with Gasteiger partial charge in [-0.25, -0.2) is 4.39 Å². The van der Waals surface area contributed by atoms with Crippen molar-refractivity contribution < 1.29 is 18.7 Å². The van der Waals surface area contributed by atoms with Gasteiger partial charge in [0.1, 0.15) is 17.5 Å². The van der Waals surface area contributed by atoms with Gasteiger partial charge in [0.15, 0.2) is 17.3 Å². The average Bonchev–Trinajstić information content (AvgIpc) is 3.32. The summed E-state index contributed by atoms with van der Waals surface area (Å²) >= 11 is 1.26. The van der Waals surface area contributed by atoms with Gasteiger partial charge < -0.3 is 9.47 Å². The van der Waals surface area contributed by atoms with E-state index in [0.29, 0.717) is 33.9 Å². The third kappa shape index (κ3) is 5.31. The predicted octanol–water partition coefficient (Wildman–Crippen LogP) is 5.78. The molecule has 2 aliphatic rings. The normalized spacial score (nSPS) is 16.0. The number of hydrazone groups is 1. The summed E-state index contributed by atoms with van der Waals surface area (Å²) in [6.07, 6.45) is 1.60. The number of halogens is 1. The van der Waals surface area contributed by atoms with E-state index in [2.05, 4.69) is 10.1 Å². The van der Waals surface area contributed by atoms with E-state index in [1.54, 1.807) is 36.4 Å². The highest BCUT2D eigenvalue weighted by molar-refractivity contribution is 8.27. The molecule has 0 fully saturated rings. The molecular weight excluding hydrogens is 491 g/mol. The second-order valence-corrected chi connectivity index (χ2v) is 9.30. The van der Waals surface area contributed by atoms with Crippen LogP contribution in [0.25, 0.3) is 6.08 Å². The summed E-state index contributed by atoms with van der Waals surface area (Å²) in [5.74, 6) is 0.161. The standard InChI is InChI=1S/C28H23FN4O3S/c1-3-35-24-15-19(8-13-23(24)36-16-18-6-11-21(29)12-7-18)14-22-25(30)33-28(31-26(22)34)37-27(32-33)20-9-4-17(2)5-10-20/h4-15,30H,3,16H2,1-2H3/b22-14-,30-25?. The molecule has 3 aromatic carbocycles. The Labute approximate surface area is 217 Å². The molecule has 7 nitrogen and oxygen atoms in total. The summed E-state index contributed by atoms with van der Waals surface area (Å²) < 4.78 is 24.8. The number of nitrogens with zero attached hydrogens (tertiary/aromatic N) is 3. The Balaban J connectivity index is 1.38. The average molecular weight is 515 g/mol. The van der Waals surface area contributed by atoms with Crippen molar-refractivity contribution in [1.82, 2.24) is 5.01 Å². The summed E-state index contributed by atoms with van der Waals surface area (Å²) in [7, 11) is 0. The van der Waals surface area contributed by atoms with Crippen molar-refractivity contribution in [2.75, 3.05) is 6.61 Å². The van der Waals surface area contributed by atoms with E-state index in [4.69, 9.17) is 14.9 Å². The lowest BCUT2D eigenvalue weighted by molar-refractivity contribution is -0.114.